The van der Waals surface area contributed by atoms with Crippen LogP contribution in [0.25, 0.3) is 5.69 Å². The third kappa shape index (κ3) is 3.85. The molecular formula is C19H22N4. The molecule has 0 aliphatic heterocycles. The molecule has 118 valence electrons. The number of rotatable bonds is 6. The first kappa shape index (κ1) is 15.4. The number of aromatic nitrogens is 3. The van der Waals surface area contributed by atoms with Gasteiger partial charge in [-0.1, -0.05) is 49.4 Å². The van der Waals surface area contributed by atoms with Gasteiger partial charge in [-0.25, -0.2) is 9.67 Å². The summed E-state index contributed by atoms with van der Waals surface area (Å²) in [5.74, 6) is 0.494. The van der Waals surface area contributed by atoms with E-state index in [1.165, 1.54) is 11.1 Å². The second-order valence-electron chi connectivity index (χ2n) is 5.87. The molecule has 0 aliphatic rings. The molecular weight excluding hydrogens is 284 g/mol. The Balaban J connectivity index is 1.59. The van der Waals surface area contributed by atoms with Gasteiger partial charge < -0.3 is 5.32 Å². The summed E-state index contributed by atoms with van der Waals surface area (Å²) >= 11 is 0. The molecule has 2 aromatic carbocycles. The highest BCUT2D eigenvalue weighted by atomic mass is 15.3. The van der Waals surface area contributed by atoms with E-state index in [9.17, 15) is 0 Å². The van der Waals surface area contributed by atoms with Gasteiger partial charge in [-0.15, -0.1) is 0 Å². The van der Waals surface area contributed by atoms with Gasteiger partial charge in [-0.3, -0.25) is 0 Å². The molecule has 1 heterocycles. The van der Waals surface area contributed by atoms with Gasteiger partial charge in [0.25, 0.3) is 0 Å². The average Bonchev–Trinajstić information content (AvgIpc) is 3.15. The topological polar surface area (TPSA) is 42.7 Å². The number of benzene rings is 2. The predicted octanol–water partition coefficient (Wildman–Crippen LogP) is 3.72. The maximum absolute atomic E-state index is 4.14. The van der Waals surface area contributed by atoms with Gasteiger partial charge in [0.05, 0.1) is 5.69 Å². The van der Waals surface area contributed by atoms with Gasteiger partial charge in [0, 0.05) is 12.6 Å². The summed E-state index contributed by atoms with van der Waals surface area (Å²) in [5.41, 5.74) is 3.67. The van der Waals surface area contributed by atoms with Crippen LogP contribution in [0.4, 0.5) is 0 Å². The predicted molar refractivity (Wildman–Crippen MR) is 92.6 cm³/mol. The molecule has 1 N–H and O–H groups in total. The molecule has 0 spiro atoms. The molecule has 2 atom stereocenters. The molecule has 0 radical (unpaired) electrons. The molecule has 0 saturated carbocycles. The Kier molecular flexibility index (Phi) is 4.83. The lowest BCUT2D eigenvalue weighted by Crippen LogP contribution is -2.23. The normalized spacial score (nSPS) is 13.7. The molecule has 4 nitrogen and oxygen atoms in total. The molecule has 3 aromatic rings. The standard InChI is InChI=1S/C19H22N4/c1-15(17-6-4-3-5-7-17)12-21-16(2)18-8-10-19(11-9-18)23-14-20-13-22-23/h3-11,13-16,21H,12H2,1-2H3. The summed E-state index contributed by atoms with van der Waals surface area (Å²) in [6.07, 6.45) is 3.25. The highest BCUT2D eigenvalue weighted by Crippen LogP contribution is 2.18. The Morgan fingerprint density at radius 1 is 0.957 bits per heavy atom. The Morgan fingerprint density at radius 2 is 1.70 bits per heavy atom. The minimum absolute atomic E-state index is 0.311. The average molecular weight is 306 g/mol. The van der Waals surface area contributed by atoms with Crippen molar-refractivity contribution >= 4 is 0 Å². The van der Waals surface area contributed by atoms with Crippen molar-refractivity contribution in [1.82, 2.24) is 20.1 Å². The SMILES string of the molecule is CC(CNC(C)c1ccc(-n2cncn2)cc1)c1ccccc1. The fraction of sp³-hybridized carbons (Fsp3) is 0.263. The van der Waals surface area contributed by atoms with E-state index in [4.69, 9.17) is 0 Å². The summed E-state index contributed by atoms with van der Waals surface area (Å²) in [6, 6.07) is 19.4. The Morgan fingerprint density at radius 3 is 2.35 bits per heavy atom. The minimum atomic E-state index is 0.311. The Labute approximate surface area is 137 Å². The van der Waals surface area contributed by atoms with Gasteiger partial charge in [-0.2, -0.15) is 5.10 Å². The lowest BCUT2D eigenvalue weighted by atomic mass is 10.0. The first-order valence-electron chi connectivity index (χ1n) is 7.97. The van der Waals surface area contributed by atoms with Gasteiger partial charge in [0.2, 0.25) is 0 Å². The lowest BCUT2D eigenvalue weighted by molar-refractivity contribution is 0.537. The van der Waals surface area contributed by atoms with Crippen molar-refractivity contribution < 1.29 is 0 Å². The fourth-order valence-corrected chi connectivity index (χ4v) is 2.63. The Bertz CT molecular complexity index is 705. The third-order valence-corrected chi connectivity index (χ3v) is 4.18. The lowest BCUT2D eigenvalue weighted by Gasteiger charge is -2.18. The molecule has 0 aliphatic carbocycles. The molecule has 0 fully saturated rings. The maximum atomic E-state index is 4.14. The second-order valence-corrected chi connectivity index (χ2v) is 5.87. The van der Waals surface area contributed by atoms with Crippen molar-refractivity contribution in [3.05, 3.63) is 78.4 Å². The van der Waals surface area contributed by atoms with Crippen molar-refractivity contribution in [3.63, 3.8) is 0 Å². The molecule has 4 heteroatoms. The molecule has 3 rings (SSSR count). The van der Waals surface area contributed by atoms with Crippen LogP contribution in [0.2, 0.25) is 0 Å². The highest BCUT2D eigenvalue weighted by Gasteiger charge is 2.09. The number of nitrogens with one attached hydrogen (secondary N) is 1. The number of hydrogen-bond acceptors (Lipinski definition) is 3. The van der Waals surface area contributed by atoms with Crippen molar-refractivity contribution in [3.8, 4) is 5.69 Å². The van der Waals surface area contributed by atoms with Crippen LogP contribution in [-0.4, -0.2) is 21.3 Å². The fourth-order valence-electron chi connectivity index (χ4n) is 2.63. The quantitative estimate of drug-likeness (QED) is 0.754. The second kappa shape index (κ2) is 7.20. The smallest absolute Gasteiger partial charge is 0.138 e. The summed E-state index contributed by atoms with van der Waals surface area (Å²) in [4.78, 5) is 3.97. The first-order chi connectivity index (χ1) is 11.2. The molecule has 0 amide bonds. The minimum Gasteiger partial charge on any atom is -0.310 e. The zero-order chi connectivity index (χ0) is 16.1. The molecule has 1 aromatic heterocycles. The highest BCUT2D eigenvalue weighted by molar-refractivity contribution is 5.34. The molecule has 2 unspecified atom stereocenters. The summed E-state index contributed by atoms with van der Waals surface area (Å²) < 4.78 is 1.76. The van der Waals surface area contributed by atoms with Crippen molar-refractivity contribution in [2.24, 2.45) is 0 Å². The van der Waals surface area contributed by atoms with Gasteiger partial charge in [0.1, 0.15) is 12.7 Å². The molecule has 23 heavy (non-hydrogen) atoms. The van der Waals surface area contributed by atoms with Crippen molar-refractivity contribution in [1.29, 1.82) is 0 Å². The third-order valence-electron chi connectivity index (χ3n) is 4.18. The number of hydrogen-bond donors (Lipinski definition) is 1. The van der Waals surface area contributed by atoms with Gasteiger partial charge in [-0.05, 0) is 36.1 Å². The van der Waals surface area contributed by atoms with E-state index in [0.717, 1.165) is 12.2 Å². The van der Waals surface area contributed by atoms with E-state index in [2.05, 4.69) is 83.8 Å². The van der Waals surface area contributed by atoms with Crippen LogP contribution in [0, 0.1) is 0 Å². The van der Waals surface area contributed by atoms with Crippen LogP contribution in [0.1, 0.15) is 36.9 Å². The van der Waals surface area contributed by atoms with Crippen LogP contribution in [0.3, 0.4) is 0 Å². The van der Waals surface area contributed by atoms with Crippen LogP contribution in [0.5, 0.6) is 0 Å². The van der Waals surface area contributed by atoms with Crippen LogP contribution in [-0.2, 0) is 0 Å². The first-order valence-corrected chi connectivity index (χ1v) is 7.97. The zero-order valence-corrected chi connectivity index (χ0v) is 13.6. The van der Waals surface area contributed by atoms with Crippen molar-refractivity contribution in [2.75, 3.05) is 6.54 Å². The summed E-state index contributed by atoms with van der Waals surface area (Å²) in [7, 11) is 0. The van der Waals surface area contributed by atoms with E-state index < -0.39 is 0 Å². The van der Waals surface area contributed by atoms with Crippen LogP contribution < -0.4 is 5.32 Å². The van der Waals surface area contributed by atoms with Crippen LogP contribution >= 0.6 is 0 Å². The van der Waals surface area contributed by atoms with Crippen LogP contribution in [0.15, 0.2) is 67.3 Å². The van der Waals surface area contributed by atoms with E-state index in [-0.39, 0.29) is 0 Å². The van der Waals surface area contributed by atoms with E-state index in [1.807, 2.05) is 0 Å². The summed E-state index contributed by atoms with van der Waals surface area (Å²) in [6.45, 7) is 5.40. The molecule has 0 saturated heterocycles. The summed E-state index contributed by atoms with van der Waals surface area (Å²) in [5, 5.41) is 7.76. The number of nitrogens with zero attached hydrogens (tertiary/aromatic N) is 3. The maximum Gasteiger partial charge on any atom is 0.138 e. The largest absolute Gasteiger partial charge is 0.310 e. The van der Waals surface area contributed by atoms with Gasteiger partial charge in [0.15, 0.2) is 0 Å². The molecule has 0 bridgehead atoms. The van der Waals surface area contributed by atoms with Gasteiger partial charge >= 0.3 is 0 Å². The zero-order valence-electron chi connectivity index (χ0n) is 13.6. The monoisotopic (exact) mass is 306 g/mol. The van der Waals surface area contributed by atoms with E-state index >= 15 is 0 Å². The Hall–Kier alpha value is -2.46. The van der Waals surface area contributed by atoms with E-state index in [1.54, 1.807) is 17.3 Å². The van der Waals surface area contributed by atoms with E-state index in [0.29, 0.717) is 12.0 Å². The van der Waals surface area contributed by atoms with Crippen molar-refractivity contribution in [2.45, 2.75) is 25.8 Å².